The Morgan fingerprint density at radius 1 is 0.650 bits per heavy atom. The molecule has 1 aliphatic rings. The fourth-order valence-electron chi connectivity index (χ4n) is 3.70. The summed E-state index contributed by atoms with van der Waals surface area (Å²) in [6, 6.07) is 19.0. The topological polar surface area (TPSA) is 178 Å². The van der Waals surface area contributed by atoms with Crippen molar-refractivity contribution >= 4 is 57.4 Å². The number of hydrogen-bond donors (Lipinski definition) is 1. The average molecular weight is 610 g/mol. The van der Waals surface area contributed by atoms with Crippen LogP contribution in [0.15, 0.2) is 58.5 Å². The standard InChI is InChI=1S/2C12H6Cl2N6/c2*13-11-18-10(19-12(14)20-11)6(5-15)9-16-7-3-1-2-4-8(7)17-9/h1-4,6H,(H,16,17);1-4,6,9H. The van der Waals surface area contributed by atoms with Crippen molar-refractivity contribution in [2.45, 2.75) is 18.0 Å². The second-order valence-corrected chi connectivity index (χ2v) is 9.28. The molecule has 0 saturated heterocycles. The molecule has 5 aromatic rings. The first-order valence-corrected chi connectivity index (χ1v) is 12.7. The van der Waals surface area contributed by atoms with Crippen LogP contribution in [-0.2, 0) is 0 Å². The lowest BCUT2D eigenvalue weighted by Crippen LogP contribution is -2.19. The predicted molar refractivity (Wildman–Crippen MR) is 144 cm³/mol. The van der Waals surface area contributed by atoms with Gasteiger partial charge in [-0.25, -0.2) is 24.9 Å². The highest BCUT2D eigenvalue weighted by Crippen LogP contribution is 2.23. The van der Waals surface area contributed by atoms with Gasteiger partial charge in [0.25, 0.3) is 0 Å². The Balaban J connectivity index is 0.000000161. The van der Waals surface area contributed by atoms with E-state index in [9.17, 15) is 10.5 Å². The van der Waals surface area contributed by atoms with Gasteiger partial charge in [0.1, 0.15) is 11.7 Å². The summed E-state index contributed by atoms with van der Waals surface area (Å²) in [6.45, 7) is 0. The summed E-state index contributed by atoms with van der Waals surface area (Å²) in [5.41, 5.74) is 1.59. The number of halogens is 4. The van der Waals surface area contributed by atoms with Crippen LogP contribution in [0, 0.1) is 22.7 Å². The first-order chi connectivity index (χ1) is 19.3. The second kappa shape index (κ2) is 11.8. The molecule has 3 aromatic heterocycles. The molecule has 0 spiro atoms. The van der Waals surface area contributed by atoms with Gasteiger partial charge < -0.3 is 4.98 Å². The van der Waals surface area contributed by atoms with Crippen LogP contribution in [-0.4, -0.2) is 46.0 Å². The maximum atomic E-state index is 9.34. The summed E-state index contributed by atoms with van der Waals surface area (Å²) < 4.78 is 0. The number of aromatic amines is 1. The monoisotopic (exact) mass is 608 g/mol. The van der Waals surface area contributed by atoms with Gasteiger partial charge in [-0.05, 0) is 70.7 Å². The molecule has 2 aromatic carbocycles. The number of nitrogens with zero attached hydrogens (tertiary/aromatic N) is 11. The lowest BCUT2D eigenvalue weighted by molar-refractivity contribution is 0.610. The Hall–Kier alpha value is -4.33. The van der Waals surface area contributed by atoms with E-state index in [4.69, 9.17) is 46.4 Å². The smallest absolute Gasteiger partial charge is 0.226 e. The highest BCUT2D eigenvalue weighted by atomic mass is 35.5. The Labute approximate surface area is 245 Å². The van der Waals surface area contributed by atoms with Crippen molar-refractivity contribution in [1.82, 2.24) is 39.9 Å². The third kappa shape index (κ3) is 5.96. The molecule has 196 valence electrons. The third-order valence-electron chi connectivity index (χ3n) is 5.40. The van der Waals surface area contributed by atoms with Gasteiger partial charge in [-0.1, -0.05) is 24.3 Å². The fraction of sp³-hybridized carbons (Fsp3) is 0.125. The highest BCUT2D eigenvalue weighted by molar-refractivity contribution is 6.31. The van der Waals surface area contributed by atoms with Crippen molar-refractivity contribution in [3.63, 3.8) is 0 Å². The van der Waals surface area contributed by atoms with Gasteiger partial charge in [-0.15, -0.1) is 0 Å². The van der Waals surface area contributed by atoms with Gasteiger partial charge in [0, 0.05) is 0 Å². The molecule has 2 unspecified atom stereocenters. The first-order valence-electron chi connectivity index (χ1n) is 11.2. The van der Waals surface area contributed by atoms with Gasteiger partial charge in [0.2, 0.25) is 21.1 Å². The minimum atomic E-state index is -0.791. The third-order valence-corrected chi connectivity index (χ3v) is 6.08. The molecule has 1 aliphatic heterocycles. The van der Waals surface area contributed by atoms with Crippen LogP contribution in [0.5, 0.6) is 0 Å². The van der Waals surface area contributed by atoms with Crippen molar-refractivity contribution in [3.05, 3.63) is 97.9 Å². The predicted octanol–water partition coefficient (Wildman–Crippen LogP) is 3.77. The fourth-order valence-corrected chi connectivity index (χ4v) is 4.46. The number of para-hydroxylation sites is 4. The van der Waals surface area contributed by atoms with E-state index in [2.05, 4.69) is 62.0 Å². The van der Waals surface area contributed by atoms with Crippen LogP contribution in [0.2, 0.25) is 21.1 Å². The van der Waals surface area contributed by atoms with E-state index >= 15 is 0 Å². The summed E-state index contributed by atoms with van der Waals surface area (Å²) in [4.78, 5) is 39.2. The Kier molecular flexibility index (Phi) is 8.05. The Bertz CT molecular complexity index is 1820. The van der Waals surface area contributed by atoms with E-state index in [0.717, 1.165) is 21.7 Å². The number of aromatic nitrogens is 8. The number of hydrogen-bond acceptors (Lipinski definition) is 11. The molecule has 0 amide bonds. The van der Waals surface area contributed by atoms with Crippen molar-refractivity contribution in [3.8, 4) is 12.1 Å². The van der Waals surface area contributed by atoms with Crippen LogP contribution >= 0.6 is 46.4 Å². The Morgan fingerprint density at radius 2 is 1.18 bits per heavy atom. The summed E-state index contributed by atoms with van der Waals surface area (Å²) in [5.74, 6) is -0.785. The number of H-pyrrole nitrogens is 1. The zero-order valence-corrected chi connectivity index (χ0v) is 22.8. The maximum Gasteiger partial charge on any atom is 0.226 e. The van der Waals surface area contributed by atoms with Gasteiger partial charge >= 0.3 is 0 Å². The van der Waals surface area contributed by atoms with Crippen molar-refractivity contribution in [2.24, 2.45) is 9.98 Å². The molecule has 0 aliphatic carbocycles. The van der Waals surface area contributed by atoms with E-state index in [1.807, 2.05) is 48.5 Å². The molecule has 40 heavy (non-hydrogen) atoms. The molecule has 0 saturated carbocycles. The summed E-state index contributed by atoms with van der Waals surface area (Å²) in [6.07, 6.45) is -0.605. The molecule has 0 fully saturated rings. The van der Waals surface area contributed by atoms with Gasteiger partial charge in [-0.2, -0.15) is 20.5 Å². The van der Waals surface area contributed by atoms with E-state index in [-0.39, 0.29) is 32.8 Å². The number of imidazole rings is 1. The van der Waals surface area contributed by atoms with Crippen molar-refractivity contribution in [2.75, 3.05) is 0 Å². The molecule has 0 bridgehead atoms. The van der Waals surface area contributed by atoms with Crippen LogP contribution in [0.25, 0.3) is 11.0 Å². The molecule has 6 rings (SSSR count). The average Bonchev–Trinajstić information content (AvgIpc) is 3.53. The van der Waals surface area contributed by atoms with E-state index in [1.165, 1.54) is 0 Å². The Morgan fingerprint density at radius 3 is 1.70 bits per heavy atom. The summed E-state index contributed by atoms with van der Waals surface area (Å²) in [5, 5.41) is 19.9. The quantitative estimate of drug-likeness (QED) is 0.317. The lowest BCUT2D eigenvalue weighted by Gasteiger charge is -2.10. The number of nitriles is 2. The zero-order valence-electron chi connectivity index (χ0n) is 19.8. The minimum absolute atomic E-state index is 0.0589. The largest absolute Gasteiger partial charge is 0.340 e. The normalized spacial score (nSPS) is 13.6. The highest BCUT2D eigenvalue weighted by Gasteiger charge is 2.28. The maximum absolute atomic E-state index is 9.34. The zero-order chi connectivity index (χ0) is 28.2. The molecular weight excluding hydrogens is 598 g/mol. The molecule has 1 N–H and O–H groups in total. The molecular formula is C24H12Cl4N12. The van der Waals surface area contributed by atoms with E-state index in [0.29, 0.717) is 5.82 Å². The molecule has 4 heterocycles. The van der Waals surface area contributed by atoms with Crippen LogP contribution < -0.4 is 10.7 Å². The number of benzene rings is 2. The summed E-state index contributed by atoms with van der Waals surface area (Å²) in [7, 11) is 0. The number of nitrogens with one attached hydrogen (secondary N) is 1. The van der Waals surface area contributed by atoms with E-state index < -0.39 is 18.0 Å². The SMILES string of the molecule is N#CC(c1nc(Cl)nc(Cl)n1)C1N=c2ccccc2=N1.N#CC(c1nc(Cl)nc(Cl)n1)c1nc2ccccc2[nH]1. The summed E-state index contributed by atoms with van der Waals surface area (Å²) >= 11 is 22.9. The van der Waals surface area contributed by atoms with Crippen LogP contribution in [0.1, 0.15) is 29.3 Å². The first kappa shape index (κ1) is 27.2. The van der Waals surface area contributed by atoms with Crippen molar-refractivity contribution in [1.29, 1.82) is 10.5 Å². The lowest BCUT2D eigenvalue weighted by atomic mass is 10.1. The number of fused-ring (bicyclic) bond motifs is 2. The molecule has 0 radical (unpaired) electrons. The number of rotatable bonds is 4. The van der Waals surface area contributed by atoms with Crippen molar-refractivity contribution < 1.29 is 0 Å². The van der Waals surface area contributed by atoms with Gasteiger partial charge in [-0.3, -0.25) is 9.98 Å². The van der Waals surface area contributed by atoms with E-state index in [1.54, 1.807) is 0 Å². The van der Waals surface area contributed by atoms with Crippen LogP contribution in [0.4, 0.5) is 0 Å². The molecule has 16 heteroatoms. The minimum Gasteiger partial charge on any atom is -0.340 e. The second-order valence-electron chi connectivity index (χ2n) is 7.93. The van der Waals surface area contributed by atoms with Gasteiger partial charge in [0.05, 0.1) is 33.9 Å². The van der Waals surface area contributed by atoms with Crippen LogP contribution in [0.3, 0.4) is 0 Å². The molecule has 12 nitrogen and oxygen atoms in total. The van der Waals surface area contributed by atoms with Gasteiger partial charge in [0.15, 0.2) is 23.7 Å². The molecule has 2 atom stereocenters.